The Bertz CT molecular complexity index is 414. The molecule has 0 spiro atoms. The van der Waals surface area contributed by atoms with Crippen molar-refractivity contribution in [2.75, 3.05) is 13.2 Å². The maximum Gasteiger partial charge on any atom is 0.410 e. The summed E-state index contributed by atoms with van der Waals surface area (Å²) >= 11 is 0. The Morgan fingerprint density at radius 2 is 2.24 bits per heavy atom. The molecule has 2 heterocycles. The highest BCUT2D eigenvalue weighted by Crippen LogP contribution is 2.32. The van der Waals surface area contributed by atoms with Gasteiger partial charge in [-0.05, 0) is 31.4 Å². The lowest BCUT2D eigenvalue weighted by Gasteiger charge is -2.23. The first-order valence-corrected chi connectivity index (χ1v) is 5.68. The van der Waals surface area contributed by atoms with Crippen molar-refractivity contribution in [2.24, 2.45) is 5.73 Å². The van der Waals surface area contributed by atoms with E-state index in [2.05, 4.69) is 4.98 Å². The maximum absolute atomic E-state index is 10.9. The number of primary amides is 1. The van der Waals surface area contributed by atoms with E-state index < -0.39 is 6.09 Å². The molecule has 1 aliphatic heterocycles. The molecule has 0 atom stereocenters. The minimum absolute atomic E-state index is 0.277. The smallest absolute Gasteiger partial charge is 0.409 e. The van der Waals surface area contributed by atoms with Crippen molar-refractivity contribution in [1.29, 1.82) is 0 Å². The summed E-state index contributed by atoms with van der Waals surface area (Å²) in [7, 11) is 0. The fraction of sp³-hybridized carbons (Fsp3) is 0.500. The van der Waals surface area contributed by atoms with Crippen LogP contribution in [0.3, 0.4) is 0 Å². The minimum atomic E-state index is -0.800. The Morgan fingerprint density at radius 3 is 2.88 bits per heavy atom. The van der Waals surface area contributed by atoms with Gasteiger partial charge in [-0.3, -0.25) is 4.98 Å². The molecule has 5 heteroatoms. The third-order valence-electron chi connectivity index (χ3n) is 2.84. The van der Waals surface area contributed by atoms with Gasteiger partial charge in [0.2, 0.25) is 0 Å². The van der Waals surface area contributed by atoms with Crippen LogP contribution in [-0.4, -0.2) is 24.3 Å². The molecule has 0 unspecified atom stereocenters. The number of nitrogens with zero attached hydrogens (tertiary/aromatic N) is 1. The van der Waals surface area contributed by atoms with Crippen LogP contribution < -0.4 is 10.5 Å². The molecule has 1 amide bonds. The van der Waals surface area contributed by atoms with Crippen LogP contribution in [0.4, 0.5) is 4.79 Å². The second kappa shape index (κ2) is 5.14. The normalized spacial score (nSPS) is 16.8. The summed E-state index contributed by atoms with van der Waals surface area (Å²) in [4.78, 5) is 15.2. The molecule has 1 aromatic heterocycles. The molecule has 0 bridgehead atoms. The van der Waals surface area contributed by atoms with Crippen molar-refractivity contribution in [3.63, 3.8) is 0 Å². The van der Waals surface area contributed by atoms with Crippen LogP contribution in [0.2, 0.25) is 0 Å². The van der Waals surface area contributed by atoms with Gasteiger partial charge in [0.1, 0.15) is 0 Å². The predicted octanol–water partition coefficient (Wildman–Crippen LogP) is 1.74. The number of carbonyl (C=O) groups excluding carboxylic acids is 1. The molecule has 5 nitrogen and oxygen atoms in total. The van der Waals surface area contributed by atoms with Crippen molar-refractivity contribution in [2.45, 2.75) is 25.7 Å². The third-order valence-corrected chi connectivity index (χ3v) is 2.84. The highest BCUT2D eigenvalue weighted by atomic mass is 16.5. The molecule has 2 N–H and O–H groups in total. The largest absolute Gasteiger partial charge is 0.410 e. The minimum Gasteiger partial charge on any atom is -0.409 e. The van der Waals surface area contributed by atoms with Crippen LogP contribution in [0.15, 0.2) is 12.3 Å². The van der Waals surface area contributed by atoms with Crippen LogP contribution in [0.5, 0.6) is 5.75 Å². The van der Waals surface area contributed by atoms with Gasteiger partial charge in [0, 0.05) is 25.3 Å². The molecule has 0 aromatic carbocycles. The molecule has 1 saturated heterocycles. The molecule has 1 fully saturated rings. The van der Waals surface area contributed by atoms with E-state index in [0.717, 1.165) is 37.3 Å². The van der Waals surface area contributed by atoms with E-state index in [1.165, 1.54) is 0 Å². The quantitative estimate of drug-likeness (QED) is 0.848. The van der Waals surface area contributed by atoms with E-state index in [4.69, 9.17) is 15.2 Å². The van der Waals surface area contributed by atoms with Gasteiger partial charge in [-0.1, -0.05) is 0 Å². The number of hydrogen-bond donors (Lipinski definition) is 1. The Balaban J connectivity index is 2.27. The summed E-state index contributed by atoms with van der Waals surface area (Å²) in [6.45, 7) is 3.33. The lowest BCUT2D eigenvalue weighted by atomic mass is 9.95. The summed E-state index contributed by atoms with van der Waals surface area (Å²) in [6.07, 6.45) is 2.76. The molecular formula is C12H16N2O3. The predicted molar refractivity (Wildman–Crippen MR) is 62.0 cm³/mol. The average molecular weight is 236 g/mol. The number of carbonyl (C=O) groups is 1. The van der Waals surface area contributed by atoms with Crippen molar-refractivity contribution in [1.82, 2.24) is 4.98 Å². The summed E-state index contributed by atoms with van der Waals surface area (Å²) in [6, 6.07) is 1.79. The van der Waals surface area contributed by atoms with Gasteiger partial charge in [-0.25, -0.2) is 4.79 Å². The Hall–Kier alpha value is -1.62. The highest BCUT2D eigenvalue weighted by Gasteiger charge is 2.22. The standard InChI is InChI=1S/C12H16N2O3/c1-8-6-10(17-12(13)15)11(14-7-8)9-2-4-16-5-3-9/h6-7,9H,2-5H2,1H3,(H2,13,15). The van der Waals surface area contributed by atoms with E-state index in [-0.39, 0.29) is 5.92 Å². The van der Waals surface area contributed by atoms with Crippen molar-refractivity contribution < 1.29 is 14.3 Å². The second-order valence-corrected chi connectivity index (χ2v) is 4.20. The zero-order chi connectivity index (χ0) is 12.3. The van der Waals surface area contributed by atoms with Crippen molar-refractivity contribution >= 4 is 6.09 Å². The van der Waals surface area contributed by atoms with Crippen LogP contribution in [0.25, 0.3) is 0 Å². The van der Waals surface area contributed by atoms with Gasteiger partial charge in [0.25, 0.3) is 0 Å². The van der Waals surface area contributed by atoms with E-state index in [1.54, 1.807) is 12.3 Å². The monoisotopic (exact) mass is 236 g/mol. The second-order valence-electron chi connectivity index (χ2n) is 4.20. The summed E-state index contributed by atoms with van der Waals surface area (Å²) in [5, 5.41) is 0. The van der Waals surface area contributed by atoms with E-state index in [9.17, 15) is 4.79 Å². The first-order chi connectivity index (χ1) is 8.16. The molecule has 0 radical (unpaired) electrons. The fourth-order valence-electron chi connectivity index (χ4n) is 2.02. The summed E-state index contributed by atoms with van der Waals surface area (Å²) in [5.74, 6) is 0.753. The van der Waals surface area contributed by atoms with Crippen LogP contribution in [0, 0.1) is 6.92 Å². The molecule has 2 rings (SSSR count). The lowest BCUT2D eigenvalue weighted by Crippen LogP contribution is -2.20. The number of pyridine rings is 1. The fourth-order valence-corrected chi connectivity index (χ4v) is 2.02. The zero-order valence-electron chi connectivity index (χ0n) is 9.81. The zero-order valence-corrected chi connectivity index (χ0v) is 9.81. The molecular weight excluding hydrogens is 220 g/mol. The van der Waals surface area contributed by atoms with E-state index in [1.807, 2.05) is 6.92 Å². The number of hydrogen-bond acceptors (Lipinski definition) is 4. The molecule has 1 aromatic rings. The SMILES string of the molecule is Cc1cnc(C2CCOCC2)c(OC(N)=O)c1. The van der Waals surface area contributed by atoms with Gasteiger partial charge < -0.3 is 15.2 Å². The topological polar surface area (TPSA) is 74.4 Å². The number of rotatable bonds is 2. The number of amides is 1. The average Bonchev–Trinajstić information content (AvgIpc) is 2.29. The number of aryl methyl sites for hydroxylation is 1. The van der Waals surface area contributed by atoms with Crippen LogP contribution >= 0.6 is 0 Å². The van der Waals surface area contributed by atoms with Gasteiger partial charge in [-0.15, -0.1) is 0 Å². The molecule has 0 aliphatic carbocycles. The lowest BCUT2D eigenvalue weighted by molar-refractivity contribution is 0.0840. The molecule has 1 aliphatic rings. The maximum atomic E-state index is 10.9. The van der Waals surface area contributed by atoms with Crippen LogP contribution in [-0.2, 0) is 4.74 Å². The molecule has 17 heavy (non-hydrogen) atoms. The van der Waals surface area contributed by atoms with Gasteiger partial charge in [0.15, 0.2) is 5.75 Å². The Labute approximate surface area is 99.9 Å². The van der Waals surface area contributed by atoms with Crippen molar-refractivity contribution in [3.05, 3.63) is 23.5 Å². The van der Waals surface area contributed by atoms with E-state index in [0.29, 0.717) is 5.75 Å². The van der Waals surface area contributed by atoms with Crippen molar-refractivity contribution in [3.8, 4) is 5.75 Å². The third kappa shape index (κ3) is 2.94. The molecule has 92 valence electrons. The summed E-state index contributed by atoms with van der Waals surface area (Å²) < 4.78 is 10.3. The Morgan fingerprint density at radius 1 is 1.53 bits per heavy atom. The van der Waals surface area contributed by atoms with Gasteiger partial charge in [0.05, 0.1) is 5.69 Å². The number of nitrogens with two attached hydrogens (primary N) is 1. The molecule has 0 saturated carbocycles. The highest BCUT2D eigenvalue weighted by molar-refractivity contribution is 5.68. The Kier molecular flexibility index (Phi) is 3.58. The van der Waals surface area contributed by atoms with E-state index >= 15 is 0 Å². The number of aromatic nitrogens is 1. The summed E-state index contributed by atoms with van der Waals surface area (Å²) in [5.41, 5.74) is 6.80. The van der Waals surface area contributed by atoms with Gasteiger partial charge in [-0.2, -0.15) is 0 Å². The van der Waals surface area contributed by atoms with Gasteiger partial charge >= 0.3 is 6.09 Å². The number of ether oxygens (including phenoxy) is 2. The van der Waals surface area contributed by atoms with Crippen LogP contribution in [0.1, 0.15) is 30.0 Å². The first-order valence-electron chi connectivity index (χ1n) is 5.68. The first kappa shape index (κ1) is 11.9.